The van der Waals surface area contributed by atoms with E-state index in [4.69, 9.17) is 15.0 Å². The third-order valence-corrected chi connectivity index (χ3v) is 13.7. The maximum Gasteiger partial charge on any atom is 0.164 e. The van der Waals surface area contributed by atoms with Crippen LogP contribution in [0.5, 0.6) is 0 Å². The van der Waals surface area contributed by atoms with Crippen LogP contribution < -0.4 is 0 Å². The van der Waals surface area contributed by atoms with Crippen LogP contribution in [0.3, 0.4) is 0 Å². The first-order valence-electron chi connectivity index (χ1n) is 22.9. The van der Waals surface area contributed by atoms with Crippen LogP contribution in [0.1, 0.15) is 22.3 Å². The predicted octanol–water partition coefficient (Wildman–Crippen LogP) is 16.0. The van der Waals surface area contributed by atoms with E-state index >= 15 is 0 Å². The fourth-order valence-corrected chi connectivity index (χ4v) is 10.5. The number of aromatic nitrogens is 3. The van der Waals surface area contributed by atoms with E-state index < -0.39 is 5.41 Å². The van der Waals surface area contributed by atoms with Gasteiger partial charge in [-0.1, -0.05) is 206 Å². The molecule has 0 radical (unpaired) electrons. The van der Waals surface area contributed by atoms with Crippen molar-refractivity contribution in [2.24, 2.45) is 0 Å². The molecule has 0 fully saturated rings. The van der Waals surface area contributed by atoms with E-state index in [-0.39, 0.29) is 0 Å². The zero-order chi connectivity index (χ0) is 44.3. The highest BCUT2D eigenvalue weighted by molar-refractivity contribution is 5.93. The number of rotatable bonds is 7. The fourth-order valence-electron chi connectivity index (χ4n) is 10.5. The minimum atomic E-state index is -0.527. The highest BCUT2D eigenvalue weighted by Crippen LogP contribution is 2.56. The predicted molar refractivity (Wildman–Crippen MR) is 277 cm³/mol. The van der Waals surface area contributed by atoms with Crippen molar-refractivity contribution in [3.05, 3.63) is 271 Å². The Balaban J connectivity index is 1.06. The van der Waals surface area contributed by atoms with Crippen molar-refractivity contribution in [1.29, 1.82) is 0 Å². The molecular formula is C64H41N3. The van der Waals surface area contributed by atoms with Crippen LogP contribution in [0.4, 0.5) is 0 Å². The standard InChI is InChI=1S/C64H41N3/c1-3-21-55(22-4-1)64(56-23-5-2-6-24-56)59-26-14-13-25-57(59)58-34-33-49(41-60(58)64)53-38-52(48-30-27-42-15-7-10-18-45(42)35-48)39-54(40-53)63-66-61(50-31-28-43-16-8-11-19-46(43)36-50)65-62(67-63)51-32-29-44-17-9-12-20-47(44)37-51/h1-41H. The van der Waals surface area contributed by atoms with E-state index in [9.17, 15) is 0 Å². The molecular weight excluding hydrogens is 811 g/mol. The topological polar surface area (TPSA) is 38.7 Å². The molecule has 3 heteroatoms. The molecule has 0 N–H and O–H groups in total. The lowest BCUT2D eigenvalue weighted by Gasteiger charge is -2.34. The number of hydrogen-bond acceptors (Lipinski definition) is 3. The van der Waals surface area contributed by atoms with Crippen LogP contribution >= 0.6 is 0 Å². The van der Waals surface area contributed by atoms with Gasteiger partial charge in [0.15, 0.2) is 17.5 Å². The number of fused-ring (bicyclic) bond motifs is 6. The minimum Gasteiger partial charge on any atom is -0.208 e. The zero-order valence-corrected chi connectivity index (χ0v) is 36.5. The molecule has 0 aliphatic heterocycles. The Morgan fingerprint density at radius 1 is 0.224 bits per heavy atom. The Kier molecular flexibility index (Phi) is 9.07. The Hall–Kier alpha value is -8.79. The molecule has 11 aromatic carbocycles. The lowest BCUT2D eigenvalue weighted by Crippen LogP contribution is -2.28. The van der Waals surface area contributed by atoms with Gasteiger partial charge in [-0.05, 0) is 130 Å². The van der Waals surface area contributed by atoms with Crippen LogP contribution in [-0.4, -0.2) is 15.0 Å². The first-order valence-corrected chi connectivity index (χ1v) is 22.9. The molecule has 67 heavy (non-hydrogen) atoms. The third kappa shape index (κ3) is 6.55. The maximum absolute atomic E-state index is 5.35. The summed E-state index contributed by atoms with van der Waals surface area (Å²) in [4.78, 5) is 15.9. The van der Waals surface area contributed by atoms with Crippen molar-refractivity contribution >= 4 is 32.3 Å². The molecule has 1 aliphatic carbocycles. The molecule has 3 nitrogen and oxygen atoms in total. The van der Waals surface area contributed by atoms with Crippen molar-refractivity contribution in [3.8, 4) is 67.5 Å². The monoisotopic (exact) mass is 851 g/mol. The number of benzene rings is 11. The van der Waals surface area contributed by atoms with Gasteiger partial charge in [-0.25, -0.2) is 15.0 Å². The summed E-state index contributed by atoms with van der Waals surface area (Å²) in [6.07, 6.45) is 0. The summed E-state index contributed by atoms with van der Waals surface area (Å²) in [5.41, 5.74) is 14.2. The van der Waals surface area contributed by atoms with Crippen molar-refractivity contribution < 1.29 is 0 Å². The molecule has 0 unspecified atom stereocenters. The van der Waals surface area contributed by atoms with Gasteiger partial charge in [0, 0.05) is 16.7 Å². The molecule has 12 aromatic rings. The Labute approximate surface area is 389 Å². The van der Waals surface area contributed by atoms with Crippen LogP contribution in [-0.2, 0) is 5.41 Å². The second kappa shape index (κ2) is 15.7. The second-order valence-electron chi connectivity index (χ2n) is 17.6. The quantitative estimate of drug-likeness (QED) is 0.160. The Morgan fingerprint density at radius 3 is 1.13 bits per heavy atom. The molecule has 0 spiro atoms. The lowest BCUT2D eigenvalue weighted by molar-refractivity contribution is 0.769. The van der Waals surface area contributed by atoms with E-state index in [1.54, 1.807) is 0 Å². The van der Waals surface area contributed by atoms with Gasteiger partial charge >= 0.3 is 0 Å². The van der Waals surface area contributed by atoms with Gasteiger partial charge in [0.1, 0.15) is 0 Å². The van der Waals surface area contributed by atoms with Gasteiger partial charge in [-0.3, -0.25) is 0 Å². The normalized spacial score (nSPS) is 12.6. The second-order valence-corrected chi connectivity index (χ2v) is 17.6. The highest BCUT2D eigenvalue weighted by Gasteiger charge is 2.46. The summed E-state index contributed by atoms with van der Waals surface area (Å²) < 4.78 is 0. The lowest BCUT2D eigenvalue weighted by atomic mass is 9.67. The summed E-state index contributed by atoms with van der Waals surface area (Å²) in [6, 6.07) is 89.9. The van der Waals surface area contributed by atoms with Crippen molar-refractivity contribution in [2.75, 3.05) is 0 Å². The highest BCUT2D eigenvalue weighted by atomic mass is 15.0. The average molecular weight is 852 g/mol. The molecule has 0 bridgehead atoms. The van der Waals surface area contributed by atoms with Gasteiger partial charge in [0.25, 0.3) is 0 Å². The summed E-state index contributed by atoms with van der Waals surface area (Å²) >= 11 is 0. The molecule has 0 atom stereocenters. The van der Waals surface area contributed by atoms with Gasteiger partial charge in [0.2, 0.25) is 0 Å². The molecule has 1 aliphatic rings. The Bertz CT molecular complexity index is 3740. The summed E-state index contributed by atoms with van der Waals surface area (Å²) in [6.45, 7) is 0. The number of hydrogen-bond donors (Lipinski definition) is 0. The SMILES string of the molecule is c1ccc(C2(c3ccccc3)c3ccccc3-c3ccc(-c4cc(-c5ccc6ccccc6c5)cc(-c5nc(-c6ccc7ccccc7c6)nc(-c6ccc7ccccc7c6)n5)c4)cc32)cc1. The van der Waals surface area contributed by atoms with Gasteiger partial charge in [-0.2, -0.15) is 0 Å². The summed E-state index contributed by atoms with van der Waals surface area (Å²) in [7, 11) is 0. The molecule has 0 amide bonds. The first kappa shape index (κ1) is 38.6. The minimum absolute atomic E-state index is 0.527. The maximum atomic E-state index is 5.35. The van der Waals surface area contributed by atoms with E-state index in [1.807, 2.05) is 0 Å². The largest absolute Gasteiger partial charge is 0.208 e. The van der Waals surface area contributed by atoms with E-state index in [2.05, 4.69) is 249 Å². The molecule has 1 aromatic heterocycles. The van der Waals surface area contributed by atoms with Crippen LogP contribution in [0.25, 0.3) is 99.9 Å². The fraction of sp³-hybridized carbons (Fsp3) is 0.0156. The van der Waals surface area contributed by atoms with Gasteiger partial charge < -0.3 is 0 Å². The van der Waals surface area contributed by atoms with Crippen LogP contribution in [0, 0.1) is 0 Å². The molecule has 1 heterocycles. The van der Waals surface area contributed by atoms with Gasteiger partial charge in [0.05, 0.1) is 5.41 Å². The molecule has 0 saturated heterocycles. The third-order valence-electron chi connectivity index (χ3n) is 13.7. The number of nitrogens with zero attached hydrogens (tertiary/aromatic N) is 3. The zero-order valence-electron chi connectivity index (χ0n) is 36.5. The smallest absolute Gasteiger partial charge is 0.164 e. The van der Waals surface area contributed by atoms with Gasteiger partial charge in [-0.15, -0.1) is 0 Å². The van der Waals surface area contributed by atoms with Crippen LogP contribution in [0.15, 0.2) is 249 Å². The van der Waals surface area contributed by atoms with Crippen molar-refractivity contribution in [2.45, 2.75) is 5.41 Å². The van der Waals surface area contributed by atoms with E-state index in [0.29, 0.717) is 17.5 Å². The first-order chi connectivity index (χ1) is 33.2. The van der Waals surface area contributed by atoms with Crippen molar-refractivity contribution in [1.82, 2.24) is 15.0 Å². The van der Waals surface area contributed by atoms with E-state index in [0.717, 1.165) is 49.7 Å². The average Bonchev–Trinajstić information content (AvgIpc) is 3.71. The van der Waals surface area contributed by atoms with Crippen LogP contribution in [0.2, 0.25) is 0 Å². The molecule has 0 saturated carbocycles. The van der Waals surface area contributed by atoms with E-state index in [1.165, 1.54) is 54.9 Å². The van der Waals surface area contributed by atoms with Crippen molar-refractivity contribution in [3.63, 3.8) is 0 Å². The Morgan fingerprint density at radius 2 is 0.597 bits per heavy atom. The summed E-state index contributed by atoms with van der Waals surface area (Å²) in [5.74, 6) is 1.87. The molecule has 312 valence electrons. The summed E-state index contributed by atoms with van der Waals surface area (Å²) in [5, 5.41) is 7.01. The molecule has 13 rings (SSSR count).